The first-order valence-corrected chi connectivity index (χ1v) is 6.61. The van der Waals surface area contributed by atoms with Gasteiger partial charge in [-0.25, -0.2) is 4.98 Å². The van der Waals surface area contributed by atoms with E-state index in [1.165, 1.54) is 0 Å². The van der Waals surface area contributed by atoms with Crippen LogP contribution in [0.15, 0.2) is 41.7 Å². The Morgan fingerprint density at radius 1 is 1.19 bits per heavy atom. The number of methoxy groups -OCH3 is 1. The lowest BCUT2D eigenvalue weighted by molar-refractivity contribution is 0.411. The van der Waals surface area contributed by atoms with Crippen molar-refractivity contribution in [1.82, 2.24) is 9.38 Å². The van der Waals surface area contributed by atoms with E-state index in [0.717, 1.165) is 22.4 Å². The van der Waals surface area contributed by atoms with Crippen molar-refractivity contribution in [3.8, 4) is 17.0 Å². The van der Waals surface area contributed by atoms with E-state index in [1.54, 1.807) is 17.7 Å². The molecule has 0 spiro atoms. The van der Waals surface area contributed by atoms with E-state index in [1.807, 2.05) is 44.2 Å². The molecule has 2 aromatic heterocycles. The Hall–Kier alpha value is -2.69. The fourth-order valence-corrected chi connectivity index (χ4v) is 2.52. The second-order valence-corrected chi connectivity index (χ2v) is 4.94. The van der Waals surface area contributed by atoms with Crippen LogP contribution < -0.4 is 4.74 Å². The first kappa shape index (κ1) is 13.3. The highest BCUT2D eigenvalue weighted by Crippen LogP contribution is 2.35. The molecule has 5 nitrogen and oxygen atoms in total. The highest BCUT2D eigenvalue weighted by Gasteiger charge is 2.17. The number of nitrogens with zero attached hydrogens (tertiary/aromatic N) is 3. The zero-order valence-corrected chi connectivity index (χ0v) is 12.1. The summed E-state index contributed by atoms with van der Waals surface area (Å²) < 4.78 is 7.02. The molecule has 0 radical (unpaired) electrons. The standard InChI is InChI=1S/C16H15N3O2/c1-10-9-13(21-3)11(2)8-12(10)15-16(18-20)19-7-5-4-6-14(19)17-15/h4-9H,1-3H3. The molecule has 0 amide bonds. The number of fused-ring (bicyclic) bond motifs is 1. The average Bonchev–Trinajstić information content (AvgIpc) is 2.87. The van der Waals surface area contributed by atoms with Gasteiger partial charge in [-0.1, -0.05) is 6.07 Å². The molecule has 0 aliphatic carbocycles. The van der Waals surface area contributed by atoms with Crippen LogP contribution >= 0.6 is 0 Å². The van der Waals surface area contributed by atoms with Crippen LogP contribution in [0.2, 0.25) is 0 Å². The summed E-state index contributed by atoms with van der Waals surface area (Å²) in [5.74, 6) is 1.14. The summed E-state index contributed by atoms with van der Waals surface area (Å²) in [7, 11) is 1.64. The minimum absolute atomic E-state index is 0.318. The minimum Gasteiger partial charge on any atom is -0.496 e. The van der Waals surface area contributed by atoms with Crippen molar-refractivity contribution in [2.24, 2.45) is 5.18 Å². The number of rotatable bonds is 3. The molecule has 5 heteroatoms. The number of hydrogen-bond acceptors (Lipinski definition) is 4. The number of pyridine rings is 1. The second-order valence-electron chi connectivity index (χ2n) is 4.94. The molecule has 3 rings (SSSR count). The zero-order chi connectivity index (χ0) is 15.0. The van der Waals surface area contributed by atoms with E-state index >= 15 is 0 Å². The zero-order valence-electron chi connectivity index (χ0n) is 12.1. The topological polar surface area (TPSA) is 56.0 Å². The third kappa shape index (κ3) is 2.07. The molecule has 0 saturated heterocycles. The van der Waals surface area contributed by atoms with Gasteiger partial charge in [-0.05, 0) is 54.4 Å². The minimum atomic E-state index is 0.318. The third-order valence-corrected chi connectivity index (χ3v) is 3.59. The highest BCUT2D eigenvalue weighted by atomic mass is 16.5. The van der Waals surface area contributed by atoms with Gasteiger partial charge < -0.3 is 4.74 Å². The lowest BCUT2D eigenvalue weighted by Gasteiger charge is -2.09. The first-order chi connectivity index (χ1) is 10.2. The molecule has 0 aliphatic heterocycles. The molecule has 3 aromatic rings. The van der Waals surface area contributed by atoms with E-state index in [0.29, 0.717) is 17.2 Å². The number of aromatic nitrogens is 2. The Bertz CT molecular complexity index is 837. The molecule has 0 bridgehead atoms. The summed E-state index contributed by atoms with van der Waals surface area (Å²) in [6.45, 7) is 3.93. The van der Waals surface area contributed by atoms with Crippen molar-refractivity contribution in [3.05, 3.63) is 52.6 Å². The lowest BCUT2D eigenvalue weighted by atomic mass is 10.0. The third-order valence-electron chi connectivity index (χ3n) is 3.59. The first-order valence-electron chi connectivity index (χ1n) is 6.61. The van der Waals surface area contributed by atoms with Crippen LogP contribution in [0, 0.1) is 18.8 Å². The quantitative estimate of drug-likeness (QED) is 0.681. The van der Waals surface area contributed by atoms with E-state index < -0.39 is 0 Å². The molecule has 0 unspecified atom stereocenters. The van der Waals surface area contributed by atoms with Gasteiger partial charge in [0.25, 0.3) is 0 Å². The summed E-state index contributed by atoms with van der Waals surface area (Å²) in [4.78, 5) is 15.8. The van der Waals surface area contributed by atoms with E-state index in [2.05, 4.69) is 10.2 Å². The molecule has 1 aromatic carbocycles. The van der Waals surface area contributed by atoms with Crippen molar-refractivity contribution < 1.29 is 4.74 Å². The van der Waals surface area contributed by atoms with Crippen molar-refractivity contribution in [3.63, 3.8) is 0 Å². The van der Waals surface area contributed by atoms with E-state index in [-0.39, 0.29) is 0 Å². The predicted octanol–water partition coefficient (Wildman–Crippen LogP) is 4.02. The van der Waals surface area contributed by atoms with Crippen LogP contribution in [0.5, 0.6) is 5.75 Å². The fraction of sp³-hybridized carbons (Fsp3) is 0.188. The molecular weight excluding hydrogens is 266 g/mol. The highest BCUT2D eigenvalue weighted by molar-refractivity contribution is 5.77. The van der Waals surface area contributed by atoms with Gasteiger partial charge in [0.2, 0.25) is 5.82 Å². The average molecular weight is 281 g/mol. The lowest BCUT2D eigenvalue weighted by Crippen LogP contribution is -1.91. The molecule has 0 atom stereocenters. The van der Waals surface area contributed by atoms with Crippen LogP contribution in [0.3, 0.4) is 0 Å². The molecule has 106 valence electrons. The van der Waals surface area contributed by atoms with Gasteiger partial charge in [-0.2, -0.15) is 0 Å². The number of aryl methyl sites for hydroxylation is 2. The molecule has 21 heavy (non-hydrogen) atoms. The number of imidazole rings is 1. The normalized spacial score (nSPS) is 10.8. The summed E-state index contributed by atoms with van der Waals surface area (Å²) in [5.41, 5.74) is 4.18. The number of hydrogen-bond donors (Lipinski definition) is 0. The number of benzene rings is 1. The van der Waals surface area contributed by atoms with Gasteiger partial charge in [0.15, 0.2) is 0 Å². The molecular formula is C16H15N3O2. The largest absolute Gasteiger partial charge is 0.496 e. The molecule has 0 aliphatic rings. The maximum atomic E-state index is 11.3. The Kier molecular flexibility index (Phi) is 3.17. The van der Waals surface area contributed by atoms with Crippen LogP contribution in [0.1, 0.15) is 11.1 Å². The number of nitroso groups, excluding NO2 is 1. The van der Waals surface area contributed by atoms with Crippen LogP contribution in [0.4, 0.5) is 5.82 Å². The molecule has 0 N–H and O–H groups in total. The maximum absolute atomic E-state index is 11.3. The second kappa shape index (κ2) is 5.01. The monoisotopic (exact) mass is 281 g/mol. The van der Waals surface area contributed by atoms with Gasteiger partial charge in [0.1, 0.15) is 17.1 Å². The van der Waals surface area contributed by atoms with Crippen molar-refractivity contribution in [2.75, 3.05) is 7.11 Å². The van der Waals surface area contributed by atoms with E-state index in [9.17, 15) is 4.91 Å². The van der Waals surface area contributed by atoms with Gasteiger partial charge >= 0.3 is 0 Å². The fourth-order valence-electron chi connectivity index (χ4n) is 2.52. The van der Waals surface area contributed by atoms with Crippen LogP contribution in [-0.4, -0.2) is 16.5 Å². The van der Waals surface area contributed by atoms with Gasteiger partial charge in [-0.15, -0.1) is 4.91 Å². The Balaban J connectivity index is 2.30. The molecule has 2 heterocycles. The SMILES string of the molecule is COc1cc(C)c(-c2nc3ccccn3c2N=O)cc1C. The summed E-state index contributed by atoms with van der Waals surface area (Å²) in [6, 6.07) is 9.50. The smallest absolute Gasteiger partial charge is 0.209 e. The maximum Gasteiger partial charge on any atom is 0.209 e. The summed E-state index contributed by atoms with van der Waals surface area (Å²) >= 11 is 0. The Morgan fingerprint density at radius 2 is 2.00 bits per heavy atom. The molecule has 0 saturated carbocycles. The Morgan fingerprint density at radius 3 is 2.71 bits per heavy atom. The van der Waals surface area contributed by atoms with E-state index in [4.69, 9.17) is 4.74 Å². The van der Waals surface area contributed by atoms with Gasteiger partial charge in [-0.3, -0.25) is 4.40 Å². The van der Waals surface area contributed by atoms with Gasteiger partial charge in [0, 0.05) is 11.8 Å². The van der Waals surface area contributed by atoms with Crippen molar-refractivity contribution in [1.29, 1.82) is 0 Å². The van der Waals surface area contributed by atoms with Crippen LogP contribution in [-0.2, 0) is 0 Å². The molecule has 0 fully saturated rings. The van der Waals surface area contributed by atoms with Gasteiger partial charge in [0.05, 0.1) is 7.11 Å². The summed E-state index contributed by atoms with van der Waals surface area (Å²) in [5, 5.41) is 3.17. The van der Waals surface area contributed by atoms with Crippen LogP contribution in [0.25, 0.3) is 16.9 Å². The summed E-state index contributed by atoms with van der Waals surface area (Å²) in [6.07, 6.45) is 1.79. The number of ether oxygens (including phenoxy) is 1. The van der Waals surface area contributed by atoms with Crippen molar-refractivity contribution in [2.45, 2.75) is 13.8 Å². The predicted molar refractivity (Wildman–Crippen MR) is 82.1 cm³/mol. The Labute approximate surface area is 122 Å². The van der Waals surface area contributed by atoms with Crippen molar-refractivity contribution >= 4 is 11.5 Å².